The van der Waals surface area contributed by atoms with E-state index in [9.17, 15) is 13.2 Å². The average molecular weight is 405 g/mol. The maximum Gasteiger partial charge on any atom is 0.271 e. The molecule has 27 heavy (non-hydrogen) atoms. The molecule has 1 N–H and O–H groups in total. The summed E-state index contributed by atoms with van der Waals surface area (Å²) in [5, 5.41) is 0.178. The number of carbonyl (C=O) groups is 1. The number of aromatic nitrogens is 2. The largest absolute Gasteiger partial charge is 0.271 e. The lowest BCUT2D eigenvalue weighted by Gasteiger charge is -2.16. The smallest absolute Gasteiger partial charge is 0.267 e. The van der Waals surface area contributed by atoms with E-state index >= 15 is 0 Å². The third kappa shape index (κ3) is 3.31. The molecule has 1 fully saturated rings. The molecular weight excluding hydrogens is 388 g/mol. The zero-order valence-corrected chi connectivity index (χ0v) is 15.9. The molecule has 0 saturated carbocycles. The van der Waals surface area contributed by atoms with E-state index in [4.69, 9.17) is 11.6 Å². The summed E-state index contributed by atoms with van der Waals surface area (Å²) in [5.41, 5.74) is 4.24. The van der Waals surface area contributed by atoms with Crippen molar-refractivity contribution in [3.63, 3.8) is 0 Å². The van der Waals surface area contributed by atoms with Crippen molar-refractivity contribution in [1.82, 2.24) is 14.0 Å². The summed E-state index contributed by atoms with van der Waals surface area (Å²) in [6, 6.07) is 11.5. The molecule has 0 unspecified atom stereocenters. The molecule has 2 heterocycles. The van der Waals surface area contributed by atoms with Gasteiger partial charge in [-0.15, -0.1) is 0 Å². The minimum Gasteiger partial charge on any atom is -0.267 e. The van der Waals surface area contributed by atoms with Crippen molar-refractivity contribution in [1.29, 1.82) is 0 Å². The number of fused-ring (bicyclic) bond motifs is 1. The van der Waals surface area contributed by atoms with E-state index in [2.05, 4.69) is 10.4 Å². The van der Waals surface area contributed by atoms with Crippen molar-refractivity contribution in [2.75, 3.05) is 18.5 Å². The summed E-state index contributed by atoms with van der Waals surface area (Å²) in [4.78, 5) is 17.0. The summed E-state index contributed by atoms with van der Waals surface area (Å²) in [7, 11) is -3.63. The Morgan fingerprint density at radius 2 is 1.85 bits per heavy atom. The molecule has 0 spiro atoms. The van der Waals surface area contributed by atoms with Crippen LogP contribution in [0.15, 0.2) is 53.7 Å². The number of para-hydroxylation sites is 2. The number of amides is 1. The lowest BCUT2D eigenvalue weighted by molar-refractivity contribution is 0.101. The van der Waals surface area contributed by atoms with Crippen LogP contribution in [0.25, 0.3) is 11.0 Å². The lowest BCUT2D eigenvalue weighted by atomic mass is 10.2. The molecule has 140 valence electrons. The van der Waals surface area contributed by atoms with Crippen LogP contribution in [0.4, 0.5) is 0 Å². The van der Waals surface area contributed by atoms with Crippen LogP contribution in [-0.2, 0) is 10.0 Å². The van der Waals surface area contributed by atoms with Crippen molar-refractivity contribution < 1.29 is 13.2 Å². The van der Waals surface area contributed by atoms with E-state index < -0.39 is 15.9 Å². The van der Waals surface area contributed by atoms with Crippen molar-refractivity contribution >= 4 is 38.6 Å². The van der Waals surface area contributed by atoms with Gasteiger partial charge in [-0.2, -0.15) is 4.31 Å². The van der Waals surface area contributed by atoms with Crippen LogP contribution in [0.5, 0.6) is 0 Å². The zero-order valence-electron chi connectivity index (χ0n) is 14.3. The fourth-order valence-electron chi connectivity index (χ4n) is 3.13. The minimum atomic E-state index is -3.63. The lowest BCUT2D eigenvalue weighted by Crippen LogP contribution is -2.28. The Hall–Kier alpha value is -2.42. The van der Waals surface area contributed by atoms with Gasteiger partial charge in [0.2, 0.25) is 10.0 Å². The molecule has 1 saturated heterocycles. The van der Waals surface area contributed by atoms with Gasteiger partial charge in [0.1, 0.15) is 6.33 Å². The second kappa shape index (κ2) is 6.95. The number of hydrogen-bond acceptors (Lipinski definition) is 4. The van der Waals surface area contributed by atoms with E-state index in [0.717, 1.165) is 23.9 Å². The predicted molar refractivity (Wildman–Crippen MR) is 103 cm³/mol. The molecule has 2 aromatic carbocycles. The number of rotatable bonds is 4. The molecule has 1 aliphatic heterocycles. The molecule has 1 aliphatic rings. The van der Waals surface area contributed by atoms with Gasteiger partial charge in [-0.1, -0.05) is 23.7 Å². The topological polar surface area (TPSA) is 84.3 Å². The number of imidazole rings is 1. The highest BCUT2D eigenvalue weighted by atomic mass is 35.5. The van der Waals surface area contributed by atoms with Gasteiger partial charge in [-0.05, 0) is 43.2 Å². The van der Waals surface area contributed by atoms with Crippen LogP contribution in [0, 0.1) is 0 Å². The highest BCUT2D eigenvalue weighted by molar-refractivity contribution is 7.89. The summed E-state index contributed by atoms with van der Waals surface area (Å²) >= 11 is 6.17. The van der Waals surface area contributed by atoms with Crippen LogP contribution in [-0.4, -0.2) is 41.4 Å². The summed E-state index contributed by atoms with van der Waals surface area (Å²) in [6.07, 6.45) is 3.17. The monoisotopic (exact) mass is 404 g/mol. The molecule has 4 rings (SSSR count). The minimum absolute atomic E-state index is 0.0643. The van der Waals surface area contributed by atoms with E-state index in [1.807, 2.05) is 24.3 Å². The second-order valence-corrected chi connectivity index (χ2v) is 8.64. The van der Waals surface area contributed by atoms with Crippen LogP contribution in [0.1, 0.15) is 23.2 Å². The number of nitrogens with zero attached hydrogens (tertiary/aromatic N) is 3. The first-order chi connectivity index (χ1) is 13.0. The maximum atomic E-state index is 12.7. The fraction of sp³-hybridized carbons (Fsp3) is 0.222. The molecule has 0 radical (unpaired) electrons. The van der Waals surface area contributed by atoms with Gasteiger partial charge in [0, 0.05) is 13.1 Å². The number of benzene rings is 2. The first-order valence-corrected chi connectivity index (χ1v) is 10.3. The fourth-order valence-corrected chi connectivity index (χ4v) is 4.88. The molecule has 0 bridgehead atoms. The average Bonchev–Trinajstić information content (AvgIpc) is 3.33. The van der Waals surface area contributed by atoms with Crippen LogP contribution < -0.4 is 5.43 Å². The number of nitrogens with one attached hydrogen (secondary N) is 1. The molecule has 7 nitrogen and oxygen atoms in total. The Kier molecular flexibility index (Phi) is 4.63. The Bertz CT molecular complexity index is 1120. The Morgan fingerprint density at radius 1 is 1.11 bits per heavy atom. The van der Waals surface area contributed by atoms with Crippen molar-refractivity contribution in [3.8, 4) is 0 Å². The van der Waals surface area contributed by atoms with E-state index in [0.29, 0.717) is 13.1 Å². The van der Waals surface area contributed by atoms with E-state index in [1.165, 1.54) is 33.5 Å². The molecule has 1 amide bonds. The summed E-state index contributed by atoms with van der Waals surface area (Å²) in [5.74, 6) is -0.512. The highest BCUT2D eigenvalue weighted by Crippen LogP contribution is 2.25. The number of carbonyl (C=O) groups excluding carboxylic acids is 1. The molecule has 3 aromatic rings. The Morgan fingerprint density at radius 3 is 2.63 bits per heavy atom. The second-order valence-electron chi connectivity index (χ2n) is 6.30. The number of sulfonamides is 1. The standard InChI is InChI=1S/C18H17ClN4O3S/c19-15-8-7-13(27(25,26)22-9-3-4-10-22)11-14(15)18(24)21-23-12-20-16-5-1-2-6-17(16)23/h1-2,5-8,11-12H,3-4,9-10H2,(H,21,24). The molecule has 9 heteroatoms. The van der Waals surface area contributed by atoms with Crippen LogP contribution >= 0.6 is 11.6 Å². The highest BCUT2D eigenvalue weighted by Gasteiger charge is 2.28. The zero-order chi connectivity index (χ0) is 19.0. The quantitative estimate of drug-likeness (QED) is 0.724. The van der Waals surface area contributed by atoms with Gasteiger partial charge >= 0.3 is 0 Å². The van der Waals surface area contributed by atoms with E-state index in [-0.39, 0.29) is 15.5 Å². The SMILES string of the molecule is O=C(Nn1cnc2ccccc21)c1cc(S(=O)(=O)N2CCCC2)ccc1Cl. The van der Waals surface area contributed by atoms with E-state index in [1.54, 1.807) is 0 Å². The normalized spacial score (nSPS) is 15.3. The number of hydrogen-bond donors (Lipinski definition) is 1. The maximum absolute atomic E-state index is 12.7. The predicted octanol–water partition coefficient (Wildman–Crippen LogP) is 2.86. The van der Waals surface area contributed by atoms with Crippen molar-refractivity contribution in [2.45, 2.75) is 17.7 Å². The van der Waals surface area contributed by atoms with Crippen LogP contribution in [0.3, 0.4) is 0 Å². The molecule has 1 aromatic heterocycles. The van der Waals surface area contributed by atoms with Gasteiger partial charge in [0.25, 0.3) is 5.91 Å². The first-order valence-electron chi connectivity index (χ1n) is 8.50. The Labute approximate surface area is 161 Å². The molecular formula is C18H17ClN4O3S. The molecule has 0 atom stereocenters. The third-order valence-electron chi connectivity index (χ3n) is 4.56. The number of halogens is 1. The van der Waals surface area contributed by atoms with Crippen LogP contribution in [0.2, 0.25) is 5.02 Å². The Balaban J connectivity index is 1.66. The summed E-state index contributed by atoms with van der Waals surface area (Å²) < 4.78 is 28.4. The van der Waals surface area contributed by atoms with Crippen molar-refractivity contribution in [2.24, 2.45) is 0 Å². The van der Waals surface area contributed by atoms with Gasteiger partial charge in [-0.25, -0.2) is 18.1 Å². The summed E-state index contributed by atoms with van der Waals surface area (Å²) in [6.45, 7) is 0.987. The first kappa shape index (κ1) is 18.0. The third-order valence-corrected chi connectivity index (χ3v) is 6.79. The van der Waals surface area contributed by atoms with Gasteiger partial charge in [0.05, 0.1) is 26.5 Å². The van der Waals surface area contributed by atoms with Crippen molar-refractivity contribution in [3.05, 3.63) is 59.4 Å². The van der Waals surface area contributed by atoms with Gasteiger partial charge in [0.15, 0.2) is 0 Å². The van der Waals surface area contributed by atoms with Gasteiger partial charge in [-0.3, -0.25) is 10.2 Å². The molecule has 0 aliphatic carbocycles. The van der Waals surface area contributed by atoms with Gasteiger partial charge < -0.3 is 0 Å².